The van der Waals surface area contributed by atoms with Crippen LogP contribution in [0.1, 0.15) is 36.5 Å². The van der Waals surface area contributed by atoms with E-state index in [1.807, 2.05) is 50.2 Å². The Bertz CT molecular complexity index is 896. The Morgan fingerprint density at radius 1 is 1.17 bits per heavy atom. The van der Waals surface area contributed by atoms with E-state index in [4.69, 9.17) is 0 Å². The lowest BCUT2D eigenvalue weighted by atomic mass is 10.0. The molecule has 5 nitrogen and oxygen atoms in total. The van der Waals surface area contributed by atoms with Crippen LogP contribution < -0.4 is 5.32 Å². The molecule has 1 N–H and O–H groups in total. The lowest BCUT2D eigenvalue weighted by Gasteiger charge is -2.13. The molecule has 5 heteroatoms. The van der Waals surface area contributed by atoms with E-state index in [9.17, 15) is 4.79 Å². The standard InChI is InChI=1S/C19H22N4O/c1-12(2)15-7-5-6-8-16(15)20-19(24)11-23-18-10-14(4)13(3)9-17(18)21-22-23/h5-10,12H,11H2,1-4H3,(H,20,24). The van der Waals surface area contributed by atoms with Crippen molar-refractivity contribution in [2.24, 2.45) is 0 Å². The number of para-hydroxylation sites is 1. The molecule has 0 aliphatic carbocycles. The molecule has 1 heterocycles. The van der Waals surface area contributed by atoms with Gasteiger partial charge in [0, 0.05) is 5.69 Å². The summed E-state index contributed by atoms with van der Waals surface area (Å²) in [5.74, 6) is 0.243. The van der Waals surface area contributed by atoms with Gasteiger partial charge in [-0.25, -0.2) is 4.68 Å². The number of rotatable bonds is 4. The number of benzene rings is 2. The topological polar surface area (TPSA) is 59.8 Å². The predicted molar refractivity (Wildman–Crippen MR) is 96.2 cm³/mol. The summed E-state index contributed by atoms with van der Waals surface area (Å²) in [6.07, 6.45) is 0. The largest absolute Gasteiger partial charge is 0.324 e. The van der Waals surface area contributed by atoms with Crippen molar-refractivity contribution >= 4 is 22.6 Å². The number of carbonyl (C=O) groups excluding carboxylic acids is 1. The fourth-order valence-electron chi connectivity index (χ4n) is 2.78. The van der Waals surface area contributed by atoms with Gasteiger partial charge < -0.3 is 5.32 Å². The first-order chi connectivity index (χ1) is 11.5. The van der Waals surface area contributed by atoms with Gasteiger partial charge in [0.05, 0.1) is 5.52 Å². The molecule has 3 rings (SSSR count). The highest BCUT2D eigenvalue weighted by Crippen LogP contribution is 2.24. The van der Waals surface area contributed by atoms with Gasteiger partial charge in [-0.2, -0.15) is 0 Å². The zero-order valence-electron chi connectivity index (χ0n) is 14.5. The van der Waals surface area contributed by atoms with E-state index in [0.29, 0.717) is 5.92 Å². The number of carbonyl (C=O) groups is 1. The van der Waals surface area contributed by atoms with E-state index in [-0.39, 0.29) is 12.5 Å². The summed E-state index contributed by atoms with van der Waals surface area (Å²) < 4.78 is 1.65. The molecule has 124 valence electrons. The van der Waals surface area contributed by atoms with E-state index < -0.39 is 0 Å². The lowest BCUT2D eigenvalue weighted by molar-refractivity contribution is -0.116. The summed E-state index contributed by atoms with van der Waals surface area (Å²) in [5, 5.41) is 11.3. The molecule has 0 aliphatic heterocycles. The third-order valence-corrected chi connectivity index (χ3v) is 4.28. The number of nitrogens with zero attached hydrogens (tertiary/aromatic N) is 3. The fraction of sp³-hybridized carbons (Fsp3) is 0.316. The van der Waals surface area contributed by atoms with Crippen LogP contribution in [0.2, 0.25) is 0 Å². The minimum Gasteiger partial charge on any atom is -0.324 e. The summed E-state index contributed by atoms with van der Waals surface area (Å²) in [4.78, 5) is 12.5. The van der Waals surface area contributed by atoms with Gasteiger partial charge in [0.1, 0.15) is 12.1 Å². The molecular weight excluding hydrogens is 300 g/mol. The molecular formula is C19H22N4O. The Kier molecular flexibility index (Phi) is 4.34. The van der Waals surface area contributed by atoms with Gasteiger partial charge in [-0.3, -0.25) is 4.79 Å². The number of fused-ring (bicyclic) bond motifs is 1. The Hall–Kier alpha value is -2.69. The number of aryl methyl sites for hydroxylation is 2. The van der Waals surface area contributed by atoms with Crippen molar-refractivity contribution in [1.29, 1.82) is 0 Å². The average molecular weight is 322 g/mol. The van der Waals surface area contributed by atoms with Gasteiger partial charge >= 0.3 is 0 Å². The van der Waals surface area contributed by atoms with Crippen molar-refractivity contribution in [2.45, 2.75) is 40.2 Å². The van der Waals surface area contributed by atoms with E-state index in [2.05, 4.69) is 29.5 Å². The van der Waals surface area contributed by atoms with Crippen LogP contribution >= 0.6 is 0 Å². The van der Waals surface area contributed by atoms with Crippen molar-refractivity contribution < 1.29 is 4.79 Å². The first-order valence-corrected chi connectivity index (χ1v) is 8.15. The maximum absolute atomic E-state index is 12.5. The highest BCUT2D eigenvalue weighted by molar-refractivity contribution is 5.92. The third kappa shape index (κ3) is 3.15. The SMILES string of the molecule is Cc1cc2nnn(CC(=O)Nc3ccccc3C(C)C)c2cc1C. The summed E-state index contributed by atoms with van der Waals surface area (Å²) in [6.45, 7) is 8.46. The molecule has 0 fully saturated rings. The van der Waals surface area contributed by atoms with Crippen molar-refractivity contribution in [3.05, 3.63) is 53.1 Å². The predicted octanol–water partition coefficient (Wildman–Crippen LogP) is 3.81. The average Bonchev–Trinajstić information content (AvgIpc) is 2.90. The van der Waals surface area contributed by atoms with Crippen LogP contribution in [0.25, 0.3) is 11.0 Å². The number of amides is 1. The summed E-state index contributed by atoms with van der Waals surface area (Å²) in [5.41, 5.74) is 6.01. The van der Waals surface area contributed by atoms with Gasteiger partial charge in [-0.15, -0.1) is 5.10 Å². The Labute approximate surface area is 141 Å². The van der Waals surface area contributed by atoms with E-state index in [0.717, 1.165) is 27.8 Å². The first-order valence-electron chi connectivity index (χ1n) is 8.15. The smallest absolute Gasteiger partial charge is 0.246 e. The van der Waals surface area contributed by atoms with Crippen molar-refractivity contribution in [2.75, 3.05) is 5.32 Å². The molecule has 0 bridgehead atoms. The molecule has 24 heavy (non-hydrogen) atoms. The van der Waals surface area contributed by atoms with Gasteiger partial charge in [0.15, 0.2) is 0 Å². The zero-order chi connectivity index (χ0) is 17.3. The number of aromatic nitrogens is 3. The molecule has 0 aliphatic rings. The van der Waals surface area contributed by atoms with Crippen LogP contribution in [0.3, 0.4) is 0 Å². The third-order valence-electron chi connectivity index (χ3n) is 4.28. The lowest BCUT2D eigenvalue weighted by Crippen LogP contribution is -2.20. The van der Waals surface area contributed by atoms with Crippen molar-refractivity contribution in [3.63, 3.8) is 0 Å². The Morgan fingerprint density at radius 2 is 1.88 bits per heavy atom. The first kappa shape index (κ1) is 16.2. The Balaban J connectivity index is 1.82. The van der Waals surface area contributed by atoms with Crippen LogP contribution in [0.5, 0.6) is 0 Å². The molecule has 0 atom stereocenters. The second kappa shape index (κ2) is 6.43. The fourth-order valence-corrected chi connectivity index (χ4v) is 2.78. The normalized spacial score (nSPS) is 11.2. The summed E-state index contributed by atoms with van der Waals surface area (Å²) in [6, 6.07) is 11.9. The molecule has 1 aromatic heterocycles. The van der Waals surface area contributed by atoms with Gasteiger partial charge in [-0.1, -0.05) is 37.3 Å². The van der Waals surface area contributed by atoms with E-state index in [1.165, 1.54) is 5.56 Å². The van der Waals surface area contributed by atoms with Crippen LogP contribution in [-0.4, -0.2) is 20.9 Å². The van der Waals surface area contributed by atoms with Gasteiger partial charge in [-0.05, 0) is 54.7 Å². The number of anilines is 1. The molecule has 2 aromatic carbocycles. The van der Waals surface area contributed by atoms with Crippen molar-refractivity contribution in [3.8, 4) is 0 Å². The second-order valence-electron chi connectivity index (χ2n) is 6.46. The molecule has 0 spiro atoms. The molecule has 0 radical (unpaired) electrons. The number of hydrogen-bond acceptors (Lipinski definition) is 3. The molecule has 0 saturated carbocycles. The minimum atomic E-state index is -0.104. The van der Waals surface area contributed by atoms with Crippen LogP contribution in [0.15, 0.2) is 36.4 Å². The molecule has 1 amide bonds. The number of nitrogens with one attached hydrogen (secondary N) is 1. The molecule has 3 aromatic rings. The maximum atomic E-state index is 12.5. The van der Waals surface area contributed by atoms with Crippen molar-refractivity contribution in [1.82, 2.24) is 15.0 Å². The summed E-state index contributed by atoms with van der Waals surface area (Å²) >= 11 is 0. The second-order valence-corrected chi connectivity index (χ2v) is 6.46. The van der Waals surface area contributed by atoms with E-state index in [1.54, 1.807) is 4.68 Å². The summed E-state index contributed by atoms with van der Waals surface area (Å²) in [7, 11) is 0. The van der Waals surface area contributed by atoms with Gasteiger partial charge in [0.25, 0.3) is 0 Å². The minimum absolute atomic E-state index is 0.104. The van der Waals surface area contributed by atoms with E-state index >= 15 is 0 Å². The highest BCUT2D eigenvalue weighted by atomic mass is 16.2. The molecule has 0 saturated heterocycles. The van der Waals surface area contributed by atoms with Gasteiger partial charge in [0.2, 0.25) is 5.91 Å². The van der Waals surface area contributed by atoms with Crippen LogP contribution in [0, 0.1) is 13.8 Å². The molecule has 0 unspecified atom stereocenters. The highest BCUT2D eigenvalue weighted by Gasteiger charge is 2.13. The monoisotopic (exact) mass is 322 g/mol. The van der Waals surface area contributed by atoms with Crippen LogP contribution in [0.4, 0.5) is 5.69 Å². The zero-order valence-corrected chi connectivity index (χ0v) is 14.5. The Morgan fingerprint density at radius 3 is 2.62 bits per heavy atom. The number of hydrogen-bond donors (Lipinski definition) is 1. The maximum Gasteiger partial charge on any atom is 0.246 e. The quantitative estimate of drug-likeness (QED) is 0.794. The van der Waals surface area contributed by atoms with Crippen LogP contribution in [-0.2, 0) is 11.3 Å².